The molecule has 18 heavy (non-hydrogen) atoms. The first-order valence-electron chi connectivity index (χ1n) is 5.31. The summed E-state index contributed by atoms with van der Waals surface area (Å²) >= 11 is 0. The summed E-state index contributed by atoms with van der Waals surface area (Å²) in [6.07, 6.45) is 3.78. The summed E-state index contributed by atoms with van der Waals surface area (Å²) in [4.78, 5) is 14.1. The first kappa shape index (κ1) is 12.0. The predicted molar refractivity (Wildman–Crippen MR) is 64.7 cm³/mol. The van der Waals surface area contributed by atoms with E-state index in [-0.39, 0.29) is 12.4 Å². The molecule has 1 amide bonds. The van der Waals surface area contributed by atoms with E-state index in [4.69, 9.17) is 4.74 Å². The molecule has 2 rings (SSSR count). The first-order valence-corrected chi connectivity index (χ1v) is 5.31. The number of rotatable bonds is 5. The molecule has 0 bridgehead atoms. The Morgan fingerprint density at radius 2 is 2.06 bits per heavy atom. The van der Waals surface area contributed by atoms with Crippen molar-refractivity contribution in [2.24, 2.45) is 0 Å². The van der Waals surface area contributed by atoms with Crippen LogP contribution in [0.5, 0.6) is 5.75 Å². The molecule has 0 saturated heterocycles. The van der Waals surface area contributed by atoms with Crippen molar-refractivity contribution in [1.29, 1.82) is 0 Å². The van der Waals surface area contributed by atoms with Gasteiger partial charge in [-0.3, -0.25) is 9.78 Å². The monoisotopic (exact) mass is 246 g/mol. The normalized spacial score (nSPS) is 9.83. The quantitative estimate of drug-likeness (QED) is 0.824. The van der Waals surface area contributed by atoms with Crippen molar-refractivity contribution in [3.8, 4) is 5.75 Å². The summed E-state index contributed by atoms with van der Waals surface area (Å²) in [6.45, 7) is 0.264. The van der Waals surface area contributed by atoms with Gasteiger partial charge in [-0.1, -0.05) is 0 Å². The molecule has 0 aliphatic carbocycles. The number of nitrogens with zero attached hydrogens (tertiary/aromatic N) is 1. The Labute approximate surface area is 103 Å². The minimum atomic E-state index is -0.518. The molecule has 0 spiro atoms. The van der Waals surface area contributed by atoms with E-state index in [2.05, 4.69) is 10.3 Å². The van der Waals surface area contributed by atoms with Crippen molar-refractivity contribution in [2.45, 2.75) is 6.61 Å². The lowest BCUT2D eigenvalue weighted by molar-refractivity contribution is -0.105. The van der Waals surface area contributed by atoms with Crippen LogP contribution >= 0.6 is 0 Å². The molecule has 2 aromatic rings. The van der Waals surface area contributed by atoms with Crippen LogP contribution in [0.15, 0.2) is 42.7 Å². The Kier molecular flexibility index (Phi) is 3.86. The minimum absolute atomic E-state index is 0.142. The number of nitrogens with one attached hydrogen (secondary N) is 1. The SMILES string of the molecule is O=CNc1ccc(OCc2ccncc2)c(F)c1. The van der Waals surface area contributed by atoms with Crippen LogP contribution in [-0.4, -0.2) is 11.4 Å². The van der Waals surface area contributed by atoms with Gasteiger partial charge in [0.25, 0.3) is 0 Å². The summed E-state index contributed by atoms with van der Waals surface area (Å²) in [5.41, 5.74) is 1.29. The highest BCUT2D eigenvalue weighted by molar-refractivity contribution is 5.71. The van der Waals surface area contributed by atoms with Gasteiger partial charge in [-0.2, -0.15) is 0 Å². The molecule has 92 valence electrons. The average molecular weight is 246 g/mol. The third-order valence-corrected chi connectivity index (χ3v) is 2.30. The molecule has 0 saturated carbocycles. The van der Waals surface area contributed by atoms with Gasteiger partial charge in [-0.05, 0) is 29.8 Å². The fourth-order valence-electron chi connectivity index (χ4n) is 1.42. The summed E-state index contributed by atoms with van der Waals surface area (Å²) in [5, 5.41) is 2.36. The van der Waals surface area contributed by atoms with Crippen molar-refractivity contribution in [1.82, 2.24) is 4.98 Å². The van der Waals surface area contributed by atoms with Crippen LogP contribution in [0.1, 0.15) is 5.56 Å². The van der Waals surface area contributed by atoms with E-state index in [0.29, 0.717) is 12.1 Å². The highest BCUT2D eigenvalue weighted by Crippen LogP contribution is 2.21. The van der Waals surface area contributed by atoms with Gasteiger partial charge in [0, 0.05) is 24.1 Å². The lowest BCUT2D eigenvalue weighted by atomic mass is 10.2. The van der Waals surface area contributed by atoms with Crippen LogP contribution < -0.4 is 10.1 Å². The molecular weight excluding hydrogens is 235 g/mol. The van der Waals surface area contributed by atoms with Crippen LogP contribution in [0, 0.1) is 5.82 Å². The molecule has 5 heteroatoms. The van der Waals surface area contributed by atoms with E-state index in [1.165, 1.54) is 12.1 Å². The zero-order chi connectivity index (χ0) is 12.8. The lowest BCUT2D eigenvalue weighted by Crippen LogP contribution is -1.99. The number of hydrogen-bond acceptors (Lipinski definition) is 3. The molecule has 0 fully saturated rings. The fourth-order valence-corrected chi connectivity index (χ4v) is 1.42. The molecule has 1 aromatic carbocycles. The summed E-state index contributed by atoms with van der Waals surface area (Å²) in [6, 6.07) is 7.83. The number of benzene rings is 1. The largest absolute Gasteiger partial charge is 0.486 e. The summed E-state index contributed by atoms with van der Waals surface area (Å²) in [7, 11) is 0. The number of carbonyl (C=O) groups is 1. The Bertz CT molecular complexity index is 532. The lowest BCUT2D eigenvalue weighted by Gasteiger charge is -2.08. The van der Waals surface area contributed by atoms with Gasteiger partial charge < -0.3 is 10.1 Å². The second-order valence-electron chi connectivity index (χ2n) is 3.55. The van der Waals surface area contributed by atoms with Crippen molar-refractivity contribution < 1.29 is 13.9 Å². The van der Waals surface area contributed by atoms with Crippen molar-refractivity contribution in [2.75, 3.05) is 5.32 Å². The van der Waals surface area contributed by atoms with Crippen LogP contribution in [0.2, 0.25) is 0 Å². The zero-order valence-corrected chi connectivity index (χ0v) is 9.47. The van der Waals surface area contributed by atoms with Crippen LogP contribution in [0.3, 0.4) is 0 Å². The highest BCUT2D eigenvalue weighted by atomic mass is 19.1. The third-order valence-electron chi connectivity index (χ3n) is 2.30. The molecule has 4 nitrogen and oxygen atoms in total. The molecular formula is C13H11FN2O2. The Balaban J connectivity index is 2.03. The van der Waals surface area contributed by atoms with Gasteiger partial charge in [0.2, 0.25) is 6.41 Å². The standard InChI is InChI=1S/C13H11FN2O2/c14-12-7-11(16-9-17)1-2-13(12)18-8-10-3-5-15-6-4-10/h1-7,9H,8H2,(H,16,17). The molecule has 0 radical (unpaired) electrons. The maximum Gasteiger partial charge on any atom is 0.211 e. The number of pyridine rings is 1. The van der Waals surface area contributed by atoms with Crippen LogP contribution in [-0.2, 0) is 11.4 Å². The summed E-state index contributed by atoms with van der Waals surface area (Å²) < 4.78 is 18.9. The van der Waals surface area contributed by atoms with Crippen molar-refractivity contribution >= 4 is 12.1 Å². The van der Waals surface area contributed by atoms with E-state index in [9.17, 15) is 9.18 Å². The van der Waals surface area contributed by atoms with Crippen LogP contribution in [0.25, 0.3) is 0 Å². The zero-order valence-electron chi connectivity index (χ0n) is 9.47. The van der Waals surface area contributed by atoms with Gasteiger partial charge in [0.05, 0.1) is 0 Å². The fraction of sp³-hybridized carbons (Fsp3) is 0.0769. The Morgan fingerprint density at radius 3 is 2.72 bits per heavy atom. The number of amides is 1. The molecule has 1 heterocycles. The molecule has 0 atom stereocenters. The third kappa shape index (κ3) is 3.04. The highest BCUT2D eigenvalue weighted by Gasteiger charge is 2.04. The van der Waals surface area contributed by atoms with Gasteiger partial charge in [-0.25, -0.2) is 4.39 Å². The number of carbonyl (C=O) groups excluding carboxylic acids is 1. The number of anilines is 1. The number of halogens is 1. The predicted octanol–water partition coefficient (Wildman–Crippen LogP) is 2.37. The molecule has 0 aliphatic heterocycles. The van der Waals surface area contributed by atoms with Crippen molar-refractivity contribution in [3.63, 3.8) is 0 Å². The minimum Gasteiger partial charge on any atom is -0.486 e. The van der Waals surface area contributed by atoms with Gasteiger partial charge >= 0.3 is 0 Å². The summed E-state index contributed by atoms with van der Waals surface area (Å²) in [5.74, 6) is -0.376. The van der Waals surface area contributed by atoms with Gasteiger partial charge in [-0.15, -0.1) is 0 Å². The van der Waals surface area contributed by atoms with Gasteiger partial charge in [0.15, 0.2) is 11.6 Å². The smallest absolute Gasteiger partial charge is 0.211 e. The number of ether oxygens (including phenoxy) is 1. The topological polar surface area (TPSA) is 51.2 Å². The van der Waals surface area contributed by atoms with E-state index < -0.39 is 5.82 Å². The Hall–Kier alpha value is -2.43. The molecule has 0 unspecified atom stereocenters. The second kappa shape index (κ2) is 5.77. The molecule has 0 aliphatic rings. The molecule has 1 N–H and O–H groups in total. The van der Waals surface area contributed by atoms with E-state index in [1.807, 2.05) is 0 Å². The Morgan fingerprint density at radius 1 is 1.28 bits per heavy atom. The average Bonchev–Trinajstić information content (AvgIpc) is 2.39. The van der Waals surface area contributed by atoms with E-state index in [1.54, 1.807) is 30.6 Å². The van der Waals surface area contributed by atoms with Crippen LogP contribution in [0.4, 0.5) is 10.1 Å². The maximum atomic E-state index is 13.6. The first-order chi connectivity index (χ1) is 8.79. The van der Waals surface area contributed by atoms with E-state index in [0.717, 1.165) is 5.56 Å². The van der Waals surface area contributed by atoms with Gasteiger partial charge in [0.1, 0.15) is 6.61 Å². The second-order valence-corrected chi connectivity index (χ2v) is 3.55. The number of hydrogen-bond donors (Lipinski definition) is 1. The maximum absolute atomic E-state index is 13.6. The molecule has 1 aromatic heterocycles. The van der Waals surface area contributed by atoms with E-state index >= 15 is 0 Å². The number of aromatic nitrogens is 1. The van der Waals surface area contributed by atoms with Crippen molar-refractivity contribution in [3.05, 3.63) is 54.1 Å².